The second kappa shape index (κ2) is 7.24. The van der Waals surface area contributed by atoms with Gasteiger partial charge in [0.1, 0.15) is 11.9 Å². The summed E-state index contributed by atoms with van der Waals surface area (Å²) in [6.45, 7) is 3.66. The summed E-state index contributed by atoms with van der Waals surface area (Å²) < 4.78 is 13.6. The van der Waals surface area contributed by atoms with Gasteiger partial charge in [0.15, 0.2) is 0 Å². The minimum absolute atomic E-state index is 0.0815. The van der Waals surface area contributed by atoms with E-state index >= 15 is 0 Å². The molecule has 1 aromatic carbocycles. The number of halogens is 1. The van der Waals surface area contributed by atoms with E-state index in [1.54, 1.807) is 6.07 Å². The molecule has 0 bridgehead atoms. The minimum atomic E-state index is -1.15. The van der Waals surface area contributed by atoms with Gasteiger partial charge in [0.25, 0.3) is 0 Å². The smallest absolute Gasteiger partial charge is 0.326 e. The van der Waals surface area contributed by atoms with Crippen molar-refractivity contribution in [3.8, 4) is 6.07 Å². The van der Waals surface area contributed by atoms with E-state index < -0.39 is 23.9 Å². The molecule has 1 rings (SSSR count). The fourth-order valence-electron chi connectivity index (χ4n) is 1.70. The molecule has 1 unspecified atom stereocenters. The van der Waals surface area contributed by atoms with Crippen LogP contribution in [0.15, 0.2) is 18.2 Å². The molecule has 0 aromatic heterocycles. The molecule has 0 aliphatic heterocycles. The van der Waals surface area contributed by atoms with Crippen molar-refractivity contribution in [3.05, 3.63) is 29.6 Å². The fourth-order valence-corrected chi connectivity index (χ4v) is 1.70. The highest BCUT2D eigenvalue weighted by Gasteiger charge is 2.21. The summed E-state index contributed by atoms with van der Waals surface area (Å²) in [7, 11) is 0. The monoisotopic (exact) mass is 293 g/mol. The van der Waals surface area contributed by atoms with Crippen LogP contribution in [0.25, 0.3) is 0 Å². The number of carbonyl (C=O) groups excluding carboxylic acids is 1. The zero-order chi connectivity index (χ0) is 16.0. The summed E-state index contributed by atoms with van der Waals surface area (Å²) in [6.07, 6.45) is 0.263. The number of nitrogens with one attached hydrogen (secondary N) is 2. The third-order valence-electron chi connectivity index (χ3n) is 2.66. The number of carbonyl (C=O) groups is 2. The van der Waals surface area contributed by atoms with Crippen molar-refractivity contribution in [3.63, 3.8) is 0 Å². The average molecular weight is 293 g/mol. The molecule has 21 heavy (non-hydrogen) atoms. The molecule has 0 fully saturated rings. The predicted molar refractivity (Wildman–Crippen MR) is 74.1 cm³/mol. The SMILES string of the molecule is CC(C)CC(NC(=O)Nc1ccc(C#N)cc1F)C(=O)O. The highest BCUT2D eigenvalue weighted by atomic mass is 19.1. The molecule has 3 N–H and O–H groups in total. The summed E-state index contributed by atoms with van der Waals surface area (Å²) in [4.78, 5) is 22.7. The molecule has 7 heteroatoms. The Hall–Kier alpha value is -2.62. The number of rotatable bonds is 5. The van der Waals surface area contributed by atoms with Crippen LogP contribution in [0.2, 0.25) is 0 Å². The lowest BCUT2D eigenvalue weighted by Gasteiger charge is -2.17. The number of hydrogen-bond donors (Lipinski definition) is 3. The minimum Gasteiger partial charge on any atom is -0.480 e. The number of carboxylic acid groups (broad SMARTS) is 1. The lowest BCUT2D eigenvalue weighted by atomic mass is 10.0. The largest absolute Gasteiger partial charge is 0.480 e. The van der Waals surface area contributed by atoms with Gasteiger partial charge in [-0.2, -0.15) is 5.26 Å². The first-order valence-corrected chi connectivity index (χ1v) is 6.33. The number of nitrogens with zero attached hydrogens (tertiary/aromatic N) is 1. The quantitative estimate of drug-likeness (QED) is 0.775. The van der Waals surface area contributed by atoms with Gasteiger partial charge in [-0.15, -0.1) is 0 Å². The van der Waals surface area contributed by atoms with Gasteiger partial charge in [-0.3, -0.25) is 0 Å². The van der Waals surface area contributed by atoms with Crippen LogP contribution in [0.1, 0.15) is 25.8 Å². The lowest BCUT2D eigenvalue weighted by Crippen LogP contribution is -2.43. The molecule has 0 saturated heterocycles. The number of aliphatic carboxylic acids is 1. The first kappa shape index (κ1) is 16.4. The highest BCUT2D eigenvalue weighted by molar-refractivity contribution is 5.92. The van der Waals surface area contributed by atoms with E-state index in [9.17, 15) is 14.0 Å². The third kappa shape index (κ3) is 5.10. The predicted octanol–water partition coefficient (Wildman–Crippen LogP) is 2.32. The van der Waals surface area contributed by atoms with Crippen LogP contribution in [0.5, 0.6) is 0 Å². The maximum atomic E-state index is 13.6. The number of nitriles is 1. The van der Waals surface area contributed by atoms with Crippen molar-refractivity contribution in [1.29, 1.82) is 5.26 Å². The van der Waals surface area contributed by atoms with Crippen LogP contribution in [0, 0.1) is 23.1 Å². The van der Waals surface area contributed by atoms with Crippen molar-refractivity contribution in [2.45, 2.75) is 26.3 Å². The lowest BCUT2D eigenvalue weighted by molar-refractivity contribution is -0.139. The Morgan fingerprint density at radius 1 is 1.43 bits per heavy atom. The third-order valence-corrected chi connectivity index (χ3v) is 2.66. The van der Waals surface area contributed by atoms with Gasteiger partial charge in [-0.1, -0.05) is 13.8 Å². The summed E-state index contributed by atoms with van der Waals surface area (Å²) in [5, 5.41) is 22.1. The molecular formula is C14H16FN3O3. The molecule has 0 aliphatic rings. The van der Waals surface area contributed by atoms with Gasteiger partial charge in [0.2, 0.25) is 0 Å². The van der Waals surface area contributed by atoms with Gasteiger partial charge in [0, 0.05) is 0 Å². The number of amides is 2. The Bertz CT molecular complexity index is 581. The van der Waals surface area contributed by atoms with E-state index in [1.165, 1.54) is 12.1 Å². The van der Waals surface area contributed by atoms with E-state index in [0.29, 0.717) is 0 Å². The topological polar surface area (TPSA) is 102 Å². The van der Waals surface area contributed by atoms with Crippen molar-refractivity contribution in [2.75, 3.05) is 5.32 Å². The molecule has 1 aromatic rings. The summed E-state index contributed by atoms with van der Waals surface area (Å²) in [6, 6.07) is 3.48. The average Bonchev–Trinajstić information content (AvgIpc) is 2.39. The first-order chi connectivity index (χ1) is 9.83. The molecule has 0 spiro atoms. The van der Waals surface area contributed by atoms with E-state index in [2.05, 4.69) is 10.6 Å². The normalized spacial score (nSPS) is 11.6. The standard InChI is InChI=1S/C14H16FN3O3/c1-8(2)5-12(13(19)20)18-14(21)17-11-4-3-9(7-16)6-10(11)15/h3-4,6,8,12H,5H2,1-2H3,(H,19,20)(H2,17,18,21). The van der Waals surface area contributed by atoms with Crippen LogP contribution in [0.4, 0.5) is 14.9 Å². The summed E-state index contributed by atoms with van der Waals surface area (Å²) in [5.41, 5.74) is 0.00173. The number of hydrogen-bond acceptors (Lipinski definition) is 3. The van der Waals surface area contributed by atoms with Crippen LogP contribution in [0.3, 0.4) is 0 Å². The number of carboxylic acids is 1. The molecule has 0 heterocycles. The zero-order valence-corrected chi connectivity index (χ0v) is 11.7. The van der Waals surface area contributed by atoms with Crippen LogP contribution < -0.4 is 10.6 Å². The van der Waals surface area contributed by atoms with E-state index in [-0.39, 0.29) is 23.6 Å². The Balaban J connectivity index is 2.72. The maximum Gasteiger partial charge on any atom is 0.326 e. The van der Waals surface area contributed by atoms with Crippen molar-refractivity contribution in [1.82, 2.24) is 5.32 Å². The Labute approximate surface area is 121 Å². The van der Waals surface area contributed by atoms with Gasteiger partial charge in [-0.05, 0) is 30.5 Å². The molecular weight excluding hydrogens is 277 g/mol. The van der Waals surface area contributed by atoms with Crippen LogP contribution in [-0.2, 0) is 4.79 Å². The second-order valence-corrected chi connectivity index (χ2v) is 4.93. The molecule has 0 saturated carbocycles. The second-order valence-electron chi connectivity index (χ2n) is 4.93. The highest BCUT2D eigenvalue weighted by Crippen LogP contribution is 2.15. The van der Waals surface area contributed by atoms with Crippen LogP contribution >= 0.6 is 0 Å². The fraction of sp³-hybridized carbons (Fsp3) is 0.357. The molecule has 112 valence electrons. The Morgan fingerprint density at radius 2 is 2.10 bits per heavy atom. The first-order valence-electron chi connectivity index (χ1n) is 6.33. The summed E-state index contributed by atoms with van der Waals surface area (Å²) >= 11 is 0. The molecule has 6 nitrogen and oxygen atoms in total. The van der Waals surface area contributed by atoms with E-state index in [1.807, 2.05) is 13.8 Å². The summed E-state index contributed by atoms with van der Waals surface area (Å²) in [5.74, 6) is -1.84. The van der Waals surface area contributed by atoms with Gasteiger partial charge in [0.05, 0.1) is 17.3 Å². The van der Waals surface area contributed by atoms with Crippen molar-refractivity contribution >= 4 is 17.7 Å². The zero-order valence-electron chi connectivity index (χ0n) is 11.7. The van der Waals surface area contributed by atoms with Gasteiger partial charge >= 0.3 is 12.0 Å². The molecule has 1 atom stereocenters. The number of anilines is 1. The van der Waals surface area contributed by atoms with Gasteiger partial charge in [-0.25, -0.2) is 14.0 Å². The van der Waals surface area contributed by atoms with E-state index in [4.69, 9.17) is 10.4 Å². The molecule has 0 aliphatic carbocycles. The van der Waals surface area contributed by atoms with Crippen LogP contribution in [-0.4, -0.2) is 23.1 Å². The maximum absolute atomic E-state index is 13.6. The number of urea groups is 1. The number of benzene rings is 1. The molecule has 2 amide bonds. The van der Waals surface area contributed by atoms with Crippen molar-refractivity contribution in [2.24, 2.45) is 5.92 Å². The Kier molecular flexibility index (Phi) is 5.67. The Morgan fingerprint density at radius 3 is 2.57 bits per heavy atom. The van der Waals surface area contributed by atoms with E-state index in [0.717, 1.165) is 6.07 Å². The van der Waals surface area contributed by atoms with Gasteiger partial charge < -0.3 is 15.7 Å². The molecule has 0 radical (unpaired) electrons. The van der Waals surface area contributed by atoms with Crippen molar-refractivity contribution < 1.29 is 19.1 Å².